The molecule has 2 rings (SSSR count). The lowest BCUT2D eigenvalue weighted by Crippen LogP contribution is -1.96. The highest BCUT2D eigenvalue weighted by Gasteiger charge is 2.10. The minimum Gasteiger partial charge on any atom is -0.265 e. The fourth-order valence-corrected chi connectivity index (χ4v) is 2.45. The van der Waals surface area contributed by atoms with Gasteiger partial charge in [0.2, 0.25) is 0 Å². The van der Waals surface area contributed by atoms with E-state index in [4.69, 9.17) is 34.8 Å². The summed E-state index contributed by atoms with van der Waals surface area (Å²) < 4.78 is 0. The first kappa shape index (κ1) is 12.7. The van der Waals surface area contributed by atoms with E-state index in [0.717, 1.165) is 17.5 Å². The topological polar surface area (TPSA) is 12.9 Å². The molecule has 0 aliphatic carbocycles. The highest BCUT2D eigenvalue weighted by Crippen LogP contribution is 2.29. The lowest BCUT2D eigenvalue weighted by molar-refractivity contribution is 0.916. The molecule has 1 unspecified atom stereocenters. The van der Waals surface area contributed by atoms with Gasteiger partial charge in [-0.2, -0.15) is 0 Å². The van der Waals surface area contributed by atoms with Gasteiger partial charge in [0.05, 0.1) is 5.38 Å². The molecule has 0 radical (unpaired) electrons. The summed E-state index contributed by atoms with van der Waals surface area (Å²) in [4.78, 5) is 3.97. The number of aromatic nitrogens is 1. The minimum absolute atomic E-state index is 0.145. The Morgan fingerprint density at radius 3 is 2.18 bits per heavy atom. The summed E-state index contributed by atoms with van der Waals surface area (Å²) in [6.07, 6.45) is 4.23. The summed E-state index contributed by atoms with van der Waals surface area (Å²) in [5.41, 5.74) is 2.07. The van der Waals surface area contributed by atoms with Gasteiger partial charge in [-0.25, -0.2) is 0 Å². The molecule has 1 aromatic heterocycles. The van der Waals surface area contributed by atoms with Crippen molar-refractivity contribution in [3.63, 3.8) is 0 Å². The van der Waals surface area contributed by atoms with Crippen LogP contribution < -0.4 is 0 Å². The van der Waals surface area contributed by atoms with Gasteiger partial charge in [-0.3, -0.25) is 4.98 Å². The normalized spacial score (nSPS) is 12.4. The Labute approximate surface area is 115 Å². The average Bonchev–Trinajstić information content (AvgIpc) is 2.29. The summed E-state index contributed by atoms with van der Waals surface area (Å²) in [6.45, 7) is 0. The van der Waals surface area contributed by atoms with Crippen LogP contribution in [-0.4, -0.2) is 4.98 Å². The quantitative estimate of drug-likeness (QED) is 0.731. The van der Waals surface area contributed by atoms with Gasteiger partial charge in [-0.15, -0.1) is 11.6 Å². The average molecular weight is 287 g/mol. The van der Waals surface area contributed by atoms with E-state index in [9.17, 15) is 0 Å². The largest absolute Gasteiger partial charge is 0.265 e. The standard InChI is InChI=1S/C13H10Cl3N/c14-11-6-10(7-12(15)8-11)13(16)5-9-1-3-17-4-2-9/h1-4,6-8,13H,5H2. The van der Waals surface area contributed by atoms with Crippen LogP contribution >= 0.6 is 34.8 Å². The molecule has 0 aliphatic rings. The Balaban J connectivity index is 2.17. The molecule has 4 heteroatoms. The van der Waals surface area contributed by atoms with Crippen LogP contribution in [0.3, 0.4) is 0 Å². The molecule has 0 saturated heterocycles. The molecule has 2 aromatic rings. The fraction of sp³-hybridized carbons (Fsp3) is 0.154. The number of hydrogen-bond acceptors (Lipinski definition) is 1. The molecule has 17 heavy (non-hydrogen) atoms. The van der Waals surface area contributed by atoms with Gasteiger partial charge in [0, 0.05) is 22.4 Å². The molecule has 1 atom stereocenters. The highest BCUT2D eigenvalue weighted by molar-refractivity contribution is 6.35. The molecular weight excluding hydrogens is 277 g/mol. The summed E-state index contributed by atoms with van der Waals surface area (Å²) in [7, 11) is 0. The second kappa shape index (κ2) is 5.72. The third-order valence-corrected chi connectivity index (χ3v) is 3.25. The summed E-state index contributed by atoms with van der Waals surface area (Å²) in [6, 6.07) is 9.27. The number of hydrogen-bond donors (Lipinski definition) is 0. The van der Waals surface area contributed by atoms with Crippen molar-refractivity contribution in [2.24, 2.45) is 0 Å². The number of nitrogens with zero attached hydrogens (tertiary/aromatic N) is 1. The monoisotopic (exact) mass is 285 g/mol. The summed E-state index contributed by atoms with van der Waals surface area (Å²) in [5, 5.41) is 1.06. The van der Waals surface area contributed by atoms with Crippen molar-refractivity contribution in [3.8, 4) is 0 Å². The van der Waals surface area contributed by atoms with Gasteiger partial charge in [-0.1, -0.05) is 23.2 Å². The van der Waals surface area contributed by atoms with Crippen LogP contribution in [0.1, 0.15) is 16.5 Å². The van der Waals surface area contributed by atoms with Gasteiger partial charge in [-0.05, 0) is 47.9 Å². The Morgan fingerprint density at radius 1 is 1.00 bits per heavy atom. The van der Waals surface area contributed by atoms with Gasteiger partial charge in [0.15, 0.2) is 0 Å². The Hall–Kier alpha value is -0.760. The number of pyridine rings is 1. The summed E-state index contributed by atoms with van der Waals surface area (Å²) >= 11 is 18.2. The van der Waals surface area contributed by atoms with Crippen LogP contribution in [-0.2, 0) is 6.42 Å². The zero-order valence-corrected chi connectivity index (χ0v) is 11.2. The zero-order valence-electron chi connectivity index (χ0n) is 8.91. The van der Waals surface area contributed by atoms with E-state index >= 15 is 0 Å². The molecule has 1 nitrogen and oxygen atoms in total. The fourth-order valence-electron chi connectivity index (χ4n) is 1.60. The van der Waals surface area contributed by atoms with E-state index in [1.165, 1.54) is 0 Å². The van der Waals surface area contributed by atoms with Crippen molar-refractivity contribution in [2.45, 2.75) is 11.8 Å². The molecule has 0 fully saturated rings. The lowest BCUT2D eigenvalue weighted by Gasteiger charge is -2.10. The SMILES string of the molecule is Clc1cc(Cl)cc(C(Cl)Cc2ccncc2)c1. The van der Waals surface area contributed by atoms with E-state index in [-0.39, 0.29) is 5.38 Å². The second-order valence-corrected chi connectivity index (χ2v) is 5.13. The van der Waals surface area contributed by atoms with Gasteiger partial charge in [0.1, 0.15) is 0 Å². The Bertz CT molecular complexity index is 479. The predicted octanol–water partition coefficient (Wildman–Crippen LogP) is 4.91. The number of benzene rings is 1. The van der Waals surface area contributed by atoms with E-state index in [1.54, 1.807) is 18.5 Å². The van der Waals surface area contributed by atoms with E-state index in [1.807, 2.05) is 24.3 Å². The lowest BCUT2D eigenvalue weighted by atomic mass is 10.1. The van der Waals surface area contributed by atoms with E-state index in [2.05, 4.69) is 4.98 Å². The van der Waals surface area contributed by atoms with Crippen molar-refractivity contribution in [2.75, 3.05) is 0 Å². The van der Waals surface area contributed by atoms with Gasteiger partial charge < -0.3 is 0 Å². The van der Waals surface area contributed by atoms with Crippen LogP contribution in [0.25, 0.3) is 0 Å². The highest BCUT2D eigenvalue weighted by atomic mass is 35.5. The van der Waals surface area contributed by atoms with Crippen LogP contribution in [0.5, 0.6) is 0 Å². The van der Waals surface area contributed by atoms with Crippen LogP contribution in [0.4, 0.5) is 0 Å². The third kappa shape index (κ3) is 3.60. The maximum absolute atomic E-state index is 6.35. The number of rotatable bonds is 3. The van der Waals surface area contributed by atoms with Crippen LogP contribution in [0.15, 0.2) is 42.7 Å². The molecule has 1 heterocycles. The number of halogens is 3. The van der Waals surface area contributed by atoms with Gasteiger partial charge >= 0.3 is 0 Å². The molecule has 1 aromatic carbocycles. The molecule has 0 N–H and O–H groups in total. The first-order valence-corrected chi connectivity index (χ1v) is 6.33. The summed E-state index contributed by atoms with van der Waals surface area (Å²) in [5.74, 6) is 0. The molecule has 0 amide bonds. The molecule has 0 bridgehead atoms. The number of alkyl halides is 1. The van der Waals surface area contributed by atoms with Crippen molar-refractivity contribution < 1.29 is 0 Å². The molecular formula is C13H10Cl3N. The van der Waals surface area contributed by atoms with Crippen molar-refractivity contribution in [3.05, 3.63) is 63.9 Å². The third-order valence-electron chi connectivity index (χ3n) is 2.41. The molecule has 88 valence electrons. The Morgan fingerprint density at radius 2 is 1.59 bits per heavy atom. The van der Waals surface area contributed by atoms with Crippen molar-refractivity contribution >= 4 is 34.8 Å². The van der Waals surface area contributed by atoms with Crippen LogP contribution in [0, 0.1) is 0 Å². The van der Waals surface area contributed by atoms with Crippen molar-refractivity contribution in [1.82, 2.24) is 4.98 Å². The second-order valence-electron chi connectivity index (χ2n) is 3.73. The Kier molecular flexibility index (Phi) is 4.27. The molecule has 0 saturated carbocycles. The first-order valence-electron chi connectivity index (χ1n) is 5.14. The van der Waals surface area contributed by atoms with E-state index < -0.39 is 0 Å². The molecule has 0 aliphatic heterocycles. The van der Waals surface area contributed by atoms with Gasteiger partial charge in [0.25, 0.3) is 0 Å². The zero-order chi connectivity index (χ0) is 12.3. The maximum atomic E-state index is 6.35. The molecule has 0 spiro atoms. The van der Waals surface area contributed by atoms with Crippen molar-refractivity contribution in [1.29, 1.82) is 0 Å². The van der Waals surface area contributed by atoms with E-state index in [0.29, 0.717) is 10.0 Å². The first-order chi connectivity index (χ1) is 8.15. The minimum atomic E-state index is -0.145. The maximum Gasteiger partial charge on any atom is 0.0626 e. The van der Waals surface area contributed by atoms with Crippen LogP contribution in [0.2, 0.25) is 10.0 Å². The smallest absolute Gasteiger partial charge is 0.0626 e. The predicted molar refractivity (Wildman–Crippen MR) is 73.0 cm³/mol.